The van der Waals surface area contributed by atoms with Crippen LogP contribution in [-0.4, -0.2) is 116 Å². The van der Waals surface area contributed by atoms with E-state index in [0.717, 1.165) is 117 Å². The Kier molecular flexibility index (Phi) is 43.6. The molecule has 0 aliphatic carbocycles. The Morgan fingerprint density at radius 2 is 0.711 bits per heavy atom. The quantitative estimate of drug-likeness (QED) is 0.0153. The third kappa shape index (κ3) is 28.5. The molecule has 8 rings (SSSR count). The molecule has 2 amide bonds. The molecule has 4 aromatic carbocycles. The van der Waals surface area contributed by atoms with Crippen molar-refractivity contribution >= 4 is 77.4 Å². The Morgan fingerprint density at radius 3 is 1.05 bits per heavy atom. The molecule has 0 bridgehead atoms. The van der Waals surface area contributed by atoms with Gasteiger partial charge in [0.1, 0.15) is 46.5 Å². The van der Waals surface area contributed by atoms with Gasteiger partial charge in [-0.1, -0.05) is 120 Å². The number of nitrogens with one attached hydrogen (secondary N) is 2. The third-order valence-corrected chi connectivity index (χ3v) is 24.0. The molecule has 4 aromatic heterocycles. The maximum atomic E-state index is 13.1. The van der Waals surface area contributed by atoms with Gasteiger partial charge in [0.2, 0.25) is 43.6 Å². The Morgan fingerprint density at radius 1 is 0.391 bits per heavy atom. The van der Waals surface area contributed by atoms with Crippen molar-refractivity contribution in [3.05, 3.63) is 194 Å². The van der Waals surface area contributed by atoms with Crippen LogP contribution in [0.3, 0.4) is 0 Å². The average Bonchev–Trinajstić information content (AvgIpc) is 0.793. The predicted molar refractivity (Wildman–Crippen MR) is 492 cm³/mol. The van der Waals surface area contributed by atoms with E-state index in [1.807, 2.05) is 63.8 Å². The highest BCUT2D eigenvalue weighted by Gasteiger charge is 2.26. The number of sulfonamides is 2. The summed E-state index contributed by atoms with van der Waals surface area (Å²) in [7, 11) is -7.19. The van der Waals surface area contributed by atoms with Gasteiger partial charge in [-0.2, -0.15) is 41.5 Å². The molecule has 1 atom stereocenters. The Bertz CT molecular complexity index is 5910. The molecule has 0 aliphatic rings. The van der Waals surface area contributed by atoms with Crippen molar-refractivity contribution in [1.29, 1.82) is 21.0 Å². The SMILES string of the molecule is CCCCC(CC)Cn1c(O)c(C#N)c(C)c(N=Nc2ccc(S(=O)(=O)NCC)cc2)c1=O.CCCCCCn1c(O)c(C#N)c(C)c(N=Nc2ccc(S(=O)(=O)NCCCC)cc2)c1=O.CCCCN(CCCC)C(=O)c1ccc(N=Nc2c(C)c(C#N)c(O)n(CC)c2=O)cc1.CCCCn1c(O)c(C#N)c(C)c(N=Nc2ccc(C(=O)N(CC)CC)cc2)c1=O. The number of carbonyl (C=O) groups excluding carboxylic acids is 2. The van der Waals surface area contributed by atoms with Gasteiger partial charge in [-0.3, -0.25) is 47.0 Å². The largest absolute Gasteiger partial charge is 0.493 e. The molecule has 6 N–H and O–H groups in total. The highest BCUT2D eigenvalue weighted by atomic mass is 32.2. The lowest BCUT2D eigenvalue weighted by Gasteiger charge is -2.22. The molecule has 4 heterocycles. The van der Waals surface area contributed by atoms with Crippen molar-refractivity contribution in [3.8, 4) is 47.8 Å². The summed E-state index contributed by atoms with van der Waals surface area (Å²) in [5.41, 5.74) is 1.71. The van der Waals surface area contributed by atoms with E-state index in [0.29, 0.717) is 72.9 Å². The number of carbonyl (C=O) groups is 2. The maximum Gasteiger partial charge on any atom is 0.281 e. The predicted octanol–water partition coefficient (Wildman–Crippen LogP) is 19.1. The van der Waals surface area contributed by atoms with Gasteiger partial charge in [0.25, 0.3) is 34.1 Å². The van der Waals surface area contributed by atoms with Crippen LogP contribution in [0, 0.1) is 78.9 Å². The first-order valence-electron chi connectivity index (χ1n) is 43.3. The second-order valence-electron chi connectivity index (χ2n) is 30.0. The molecule has 684 valence electrons. The molecule has 1 unspecified atom stereocenters. The molecule has 0 spiro atoms. The van der Waals surface area contributed by atoms with Gasteiger partial charge in [-0.25, -0.2) is 26.3 Å². The molecule has 128 heavy (non-hydrogen) atoms. The first kappa shape index (κ1) is 106. The van der Waals surface area contributed by atoms with Crippen molar-refractivity contribution in [2.24, 2.45) is 46.8 Å². The van der Waals surface area contributed by atoms with Crippen LogP contribution in [0.4, 0.5) is 45.5 Å². The van der Waals surface area contributed by atoms with E-state index in [1.54, 1.807) is 88.0 Å². The monoisotopic (exact) mass is 1790 g/mol. The third-order valence-electron chi connectivity index (χ3n) is 21.0. The molecule has 34 nitrogen and oxygen atoms in total. The molecule has 0 radical (unpaired) electrons. The van der Waals surface area contributed by atoms with Crippen LogP contribution in [0.15, 0.2) is 167 Å². The second-order valence-corrected chi connectivity index (χ2v) is 33.5. The minimum Gasteiger partial charge on any atom is -0.493 e. The number of hydrogen-bond acceptors (Lipinski definition) is 26. The molecule has 0 saturated carbocycles. The number of nitriles is 4. The van der Waals surface area contributed by atoms with Gasteiger partial charge in [0.05, 0.1) is 32.5 Å². The van der Waals surface area contributed by atoms with Gasteiger partial charge >= 0.3 is 0 Å². The number of unbranched alkanes of at least 4 members (excludes halogenated alkanes) is 8. The fourth-order valence-electron chi connectivity index (χ4n) is 13.1. The van der Waals surface area contributed by atoms with E-state index < -0.39 is 42.3 Å². The van der Waals surface area contributed by atoms with Crippen molar-refractivity contribution in [2.75, 3.05) is 39.3 Å². The zero-order chi connectivity index (χ0) is 95.0. The van der Waals surface area contributed by atoms with Crippen molar-refractivity contribution in [2.45, 2.75) is 243 Å². The molecular formula is C92H120N20O14S2. The molecule has 0 saturated heterocycles. The zero-order valence-corrected chi connectivity index (χ0v) is 77.6. The normalized spacial score (nSPS) is 11.6. The summed E-state index contributed by atoms with van der Waals surface area (Å²) < 4.78 is 58.3. The van der Waals surface area contributed by atoms with Crippen LogP contribution in [0.25, 0.3) is 0 Å². The van der Waals surface area contributed by atoms with E-state index in [2.05, 4.69) is 78.1 Å². The Balaban J connectivity index is 0.000000303. The number of aromatic nitrogens is 4. The summed E-state index contributed by atoms with van der Waals surface area (Å²) >= 11 is 0. The van der Waals surface area contributed by atoms with Crippen LogP contribution in [-0.2, 0) is 46.2 Å². The van der Waals surface area contributed by atoms with Gasteiger partial charge < -0.3 is 30.2 Å². The summed E-state index contributed by atoms with van der Waals surface area (Å²) in [6, 6.07) is 32.7. The maximum absolute atomic E-state index is 13.1. The number of rotatable bonds is 41. The first-order chi connectivity index (χ1) is 61.2. The minimum atomic E-state index is -3.60. The number of hydrogen-bond donors (Lipinski definition) is 6. The van der Waals surface area contributed by atoms with Crippen LogP contribution in [0.1, 0.15) is 244 Å². The number of azo groups is 4. The molecule has 0 fully saturated rings. The van der Waals surface area contributed by atoms with Gasteiger partial charge in [-0.05, 0) is 190 Å². The van der Waals surface area contributed by atoms with Gasteiger partial charge in [0.15, 0.2) is 22.7 Å². The van der Waals surface area contributed by atoms with Gasteiger partial charge in [0, 0.05) is 98.8 Å². The number of pyridine rings is 4. The average molecular weight is 1790 g/mol. The molecular weight excluding hydrogens is 1670 g/mol. The molecule has 8 aromatic rings. The lowest BCUT2D eigenvalue weighted by molar-refractivity contribution is 0.0748. The van der Waals surface area contributed by atoms with E-state index in [4.69, 9.17) is 0 Å². The van der Waals surface area contributed by atoms with Crippen LogP contribution in [0.2, 0.25) is 0 Å². The molecule has 36 heteroatoms. The first-order valence-corrected chi connectivity index (χ1v) is 46.3. The number of amides is 2. The standard InChI is InChI=1S/C24H31N5O3.2C23H31N5O4S.C22H27N5O3/c1-5-8-14-28(15-9-6-2)22(30)18-10-12-19(13-11-18)26-27-21-17(4)20(16-25)23(31)29(7-3)24(21)32;1-5-8-9-17(6-2)15-28-22(29)20(14-24)16(4)21(23(28)30)27-26-18-10-12-19(13-11-18)33(31,32)25-7-3;1-4-6-8-9-15-28-22(29)20(16-24)17(3)21(23(28)30)27-26-18-10-12-19(13-11-18)33(31,32)25-14-7-5-2;1-5-8-13-27-21(29)18(14-23)15(4)19(22(27)30)25-24-17-11-9-16(10-12-17)20(28)26(6-2)7-3/h10-13,31H,5-9,14-15H2,1-4H3;10-13,17,25,29H,5-9,15H2,1-4H3;10-13,25,29H,4-9,14-15H2,1-3H3;9-12,29H,5-8,13H2,1-4H3. The minimum absolute atomic E-state index is 0.000550. The van der Waals surface area contributed by atoms with E-state index in [1.165, 1.54) is 60.0 Å². The van der Waals surface area contributed by atoms with Crippen LogP contribution in [0.5, 0.6) is 23.5 Å². The van der Waals surface area contributed by atoms with Crippen molar-refractivity contribution < 1.29 is 46.9 Å². The van der Waals surface area contributed by atoms with E-state index in [9.17, 15) is 87.1 Å². The lowest BCUT2D eigenvalue weighted by Crippen LogP contribution is -2.32. The topological polar surface area (TPSA) is 496 Å². The van der Waals surface area contributed by atoms with Crippen molar-refractivity contribution in [1.82, 2.24) is 37.5 Å². The summed E-state index contributed by atoms with van der Waals surface area (Å²) in [5, 5.41) is 112. The number of benzene rings is 4. The second kappa shape index (κ2) is 52.8. The summed E-state index contributed by atoms with van der Waals surface area (Å²) in [6.07, 6.45) is 14.5. The fraction of sp³-hybridized carbons (Fsp3) is 0.457. The Hall–Kier alpha value is -13.0. The Labute approximate surface area is 749 Å². The summed E-state index contributed by atoms with van der Waals surface area (Å²) in [4.78, 5) is 80.5. The van der Waals surface area contributed by atoms with Crippen LogP contribution >= 0.6 is 0 Å². The van der Waals surface area contributed by atoms with Gasteiger partial charge in [-0.15, -0.1) is 20.5 Å². The fourth-order valence-corrected chi connectivity index (χ4v) is 15.2. The number of aromatic hydroxyl groups is 4. The number of nitrogens with zero attached hydrogens (tertiary/aromatic N) is 18. The highest BCUT2D eigenvalue weighted by molar-refractivity contribution is 7.89. The zero-order valence-electron chi connectivity index (χ0n) is 75.9. The lowest BCUT2D eigenvalue weighted by atomic mass is 9.99. The summed E-state index contributed by atoms with van der Waals surface area (Å²) in [5.74, 6) is -1.31. The van der Waals surface area contributed by atoms with E-state index >= 15 is 0 Å². The smallest absolute Gasteiger partial charge is 0.281 e. The van der Waals surface area contributed by atoms with Crippen LogP contribution < -0.4 is 31.7 Å². The molecule has 0 aliphatic heterocycles. The van der Waals surface area contributed by atoms with E-state index in [-0.39, 0.29) is 144 Å². The van der Waals surface area contributed by atoms with Crippen molar-refractivity contribution in [3.63, 3.8) is 0 Å². The summed E-state index contributed by atoms with van der Waals surface area (Å²) in [6.45, 7) is 32.2. The highest BCUT2D eigenvalue weighted by Crippen LogP contribution is 2.34.